The van der Waals surface area contributed by atoms with Gasteiger partial charge in [0.15, 0.2) is 0 Å². The topological polar surface area (TPSA) is 9.23 Å². The van der Waals surface area contributed by atoms with Gasteiger partial charge in [-0.1, -0.05) is 36.9 Å². The molecule has 0 aliphatic heterocycles. The number of benzene rings is 1. The summed E-state index contributed by atoms with van der Waals surface area (Å²) in [5.41, 5.74) is 1.15. The van der Waals surface area contributed by atoms with Gasteiger partial charge in [-0.3, -0.25) is 0 Å². The summed E-state index contributed by atoms with van der Waals surface area (Å²) in [5, 5.41) is 1.21. The van der Waals surface area contributed by atoms with Gasteiger partial charge in [0.25, 0.3) is 9.76 Å². The summed E-state index contributed by atoms with van der Waals surface area (Å²) < 4.78 is 5.02. The highest BCUT2D eigenvalue weighted by Crippen LogP contribution is 1.96. The monoisotopic (exact) mass is 162 g/mol. The molecular weight excluding hydrogens is 152 g/mol. The van der Waals surface area contributed by atoms with E-state index in [1.165, 1.54) is 5.19 Å². The first-order chi connectivity index (χ1) is 5.36. The quantitative estimate of drug-likeness (QED) is 0.607. The molecule has 2 heteroatoms. The third-order valence-corrected chi connectivity index (χ3v) is 2.09. The second-order valence-corrected chi connectivity index (χ2v) is 3.33. The Balaban J connectivity index is 2.82. The van der Waals surface area contributed by atoms with Crippen LogP contribution in [0.2, 0.25) is 0 Å². The Bertz CT molecular complexity index is 245. The molecule has 1 nitrogen and oxygen atoms in total. The molecule has 0 atom stereocenters. The average Bonchev–Trinajstić information content (AvgIpc) is 2.06. The Labute approximate surface area is 69.6 Å². The summed E-state index contributed by atoms with van der Waals surface area (Å²) in [7, 11) is 2.15. The van der Waals surface area contributed by atoms with E-state index in [1.807, 2.05) is 18.2 Å². The molecule has 0 N–H and O–H groups in total. The van der Waals surface area contributed by atoms with Crippen molar-refractivity contribution in [1.29, 1.82) is 0 Å². The molecule has 0 bridgehead atoms. The van der Waals surface area contributed by atoms with Crippen molar-refractivity contribution in [2.45, 2.75) is 0 Å². The van der Waals surface area contributed by atoms with Crippen LogP contribution in [0.4, 0.5) is 0 Å². The number of hydrogen-bond donors (Lipinski definition) is 0. The maximum Gasteiger partial charge on any atom is 0.268 e. The van der Waals surface area contributed by atoms with Gasteiger partial charge in [0.2, 0.25) is 0 Å². The molecule has 0 aliphatic carbocycles. The first kappa shape index (κ1) is 8.24. The maximum absolute atomic E-state index is 5.02. The Morgan fingerprint density at radius 2 is 2.36 bits per heavy atom. The summed E-state index contributed by atoms with van der Waals surface area (Å²) in [5.74, 6) is 0. The third kappa shape index (κ3) is 2.33. The minimum Gasteiger partial charge on any atom is -0.415 e. The molecular formula is C9H10OSi. The van der Waals surface area contributed by atoms with Gasteiger partial charge < -0.3 is 4.43 Å². The highest BCUT2D eigenvalue weighted by molar-refractivity contribution is 6.46. The van der Waals surface area contributed by atoms with Crippen LogP contribution in [0.5, 0.6) is 0 Å². The summed E-state index contributed by atoms with van der Waals surface area (Å²) in [4.78, 5) is 0. The molecule has 0 spiro atoms. The van der Waals surface area contributed by atoms with E-state index in [0.717, 1.165) is 5.56 Å². The lowest BCUT2D eigenvalue weighted by Crippen LogP contribution is -2.15. The highest BCUT2D eigenvalue weighted by Gasteiger charge is 1.93. The van der Waals surface area contributed by atoms with Gasteiger partial charge in [-0.15, -0.1) is 0 Å². The van der Waals surface area contributed by atoms with Gasteiger partial charge in [-0.2, -0.15) is 0 Å². The van der Waals surface area contributed by atoms with Crippen LogP contribution in [0.1, 0.15) is 5.56 Å². The van der Waals surface area contributed by atoms with Crippen LogP contribution in [0.3, 0.4) is 0 Å². The van der Waals surface area contributed by atoms with Crippen LogP contribution in [-0.2, 0) is 4.43 Å². The molecule has 0 amide bonds. The molecule has 0 aliphatic rings. The molecule has 0 saturated heterocycles. The van der Waals surface area contributed by atoms with Gasteiger partial charge in [0.05, 0.1) is 0 Å². The smallest absolute Gasteiger partial charge is 0.268 e. The van der Waals surface area contributed by atoms with Crippen molar-refractivity contribution in [2.75, 3.05) is 7.11 Å². The zero-order chi connectivity index (χ0) is 8.10. The Morgan fingerprint density at radius 3 is 3.00 bits per heavy atom. The fourth-order valence-corrected chi connectivity index (χ4v) is 1.47. The largest absolute Gasteiger partial charge is 0.415 e. The van der Waals surface area contributed by atoms with Gasteiger partial charge in [0.1, 0.15) is 0 Å². The van der Waals surface area contributed by atoms with Crippen LogP contribution >= 0.6 is 0 Å². The van der Waals surface area contributed by atoms with E-state index in [9.17, 15) is 0 Å². The van der Waals surface area contributed by atoms with Crippen molar-refractivity contribution < 1.29 is 4.43 Å². The van der Waals surface area contributed by atoms with Gasteiger partial charge in [0, 0.05) is 7.11 Å². The van der Waals surface area contributed by atoms with Crippen LogP contribution in [0.15, 0.2) is 30.8 Å². The molecule has 1 rings (SSSR count). The van der Waals surface area contributed by atoms with Crippen molar-refractivity contribution in [3.05, 3.63) is 36.4 Å². The molecule has 0 saturated carbocycles. The first-order valence-electron chi connectivity index (χ1n) is 3.38. The summed E-state index contributed by atoms with van der Waals surface area (Å²) >= 11 is 0. The van der Waals surface area contributed by atoms with Crippen molar-refractivity contribution in [3.63, 3.8) is 0 Å². The predicted molar refractivity (Wildman–Crippen MR) is 48.9 cm³/mol. The second-order valence-electron chi connectivity index (χ2n) is 2.14. The number of rotatable bonds is 3. The van der Waals surface area contributed by atoms with Crippen LogP contribution < -0.4 is 5.19 Å². The Hall–Kier alpha value is -0.863. The predicted octanol–water partition coefficient (Wildman–Crippen LogP) is 1.22. The van der Waals surface area contributed by atoms with E-state index in [2.05, 4.69) is 18.7 Å². The molecule has 11 heavy (non-hydrogen) atoms. The van der Waals surface area contributed by atoms with Crippen LogP contribution in [0.25, 0.3) is 6.08 Å². The van der Waals surface area contributed by atoms with E-state index in [0.29, 0.717) is 9.76 Å². The first-order valence-corrected chi connectivity index (χ1v) is 4.29. The van der Waals surface area contributed by atoms with Crippen LogP contribution in [0, 0.1) is 0 Å². The average molecular weight is 162 g/mol. The van der Waals surface area contributed by atoms with E-state index < -0.39 is 0 Å². The summed E-state index contributed by atoms with van der Waals surface area (Å²) in [6.07, 6.45) is 1.84. The fraction of sp³-hybridized carbons (Fsp3) is 0.111. The molecule has 1 aromatic carbocycles. The summed E-state index contributed by atoms with van der Waals surface area (Å²) in [6, 6.07) is 8.17. The minimum absolute atomic E-state index is 0.439. The Kier molecular flexibility index (Phi) is 3.07. The lowest BCUT2D eigenvalue weighted by molar-refractivity contribution is 0.450. The normalized spacial score (nSPS) is 9.55. The molecule has 0 aromatic heterocycles. The second kappa shape index (κ2) is 4.11. The van der Waals surface area contributed by atoms with E-state index >= 15 is 0 Å². The van der Waals surface area contributed by atoms with E-state index in [4.69, 9.17) is 4.43 Å². The fourth-order valence-electron chi connectivity index (χ4n) is 0.847. The molecule has 1 aromatic rings. The zero-order valence-corrected chi connectivity index (χ0v) is 7.50. The summed E-state index contributed by atoms with van der Waals surface area (Å²) in [6.45, 7) is 3.69. The van der Waals surface area contributed by atoms with Crippen molar-refractivity contribution in [3.8, 4) is 0 Å². The van der Waals surface area contributed by atoms with Crippen molar-refractivity contribution in [2.24, 2.45) is 0 Å². The zero-order valence-electron chi connectivity index (χ0n) is 6.50. The van der Waals surface area contributed by atoms with Gasteiger partial charge >= 0.3 is 0 Å². The maximum atomic E-state index is 5.02. The van der Waals surface area contributed by atoms with Crippen molar-refractivity contribution >= 4 is 21.0 Å². The molecule has 2 radical (unpaired) electrons. The highest BCUT2D eigenvalue weighted by atomic mass is 28.2. The number of hydrogen-bond acceptors (Lipinski definition) is 1. The lowest BCUT2D eigenvalue weighted by Gasteiger charge is -1.97. The molecule has 0 unspecified atom stereocenters. The van der Waals surface area contributed by atoms with Crippen LogP contribution in [-0.4, -0.2) is 16.9 Å². The molecule has 0 fully saturated rings. The molecule has 0 heterocycles. The molecule has 56 valence electrons. The minimum atomic E-state index is 0.439. The van der Waals surface area contributed by atoms with E-state index in [-0.39, 0.29) is 0 Å². The van der Waals surface area contributed by atoms with Gasteiger partial charge in [-0.05, 0) is 10.8 Å². The standard InChI is InChI=1S/C9H10OSi/c1-3-8-5-4-6-9(7-8)11-10-2/h3-7H,1H2,2H3. The third-order valence-electron chi connectivity index (χ3n) is 1.34. The Morgan fingerprint density at radius 1 is 1.55 bits per heavy atom. The van der Waals surface area contributed by atoms with Crippen molar-refractivity contribution in [1.82, 2.24) is 0 Å². The lowest BCUT2D eigenvalue weighted by atomic mass is 10.2. The van der Waals surface area contributed by atoms with E-state index in [1.54, 1.807) is 7.11 Å². The SMILES string of the molecule is C=Cc1cccc([Si]OC)c1. The van der Waals surface area contributed by atoms with Gasteiger partial charge in [-0.25, -0.2) is 0 Å².